The molecule has 0 saturated heterocycles. The standard InChI is InChI=1S/C12H12N4O2/c1-7-9(17)10(16-12(13)14-7)15-11(18)8-5-3-2-4-6-8/h2-6,17H,1H3,(H3,13,14,15,16,18). The van der Waals surface area contributed by atoms with Crippen LogP contribution in [0.15, 0.2) is 30.3 Å². The lowest BCUT2D eigenvalue weighted by atomic mass is 10.2. The Morgan fingerprint density at radius 3 is 2.61 bits per heavy atom. The SMILES string of the molecule is Cc1nc(N)nc(NC(=O)c2ccccc2)c1O. The molecule has 2 aromatic rings. The number of nitrogens with one attached hydrogen (secondary N) is 1. The molecule has 1 amide bonds. The Morgan fingerprint density at radius 2 is 1.94 bits per heavy atom. The van der Waals surface area contributed by atoms with E-state index in [1.165, 1.54) is 0 Å². The number of carbonyl (C=O) groups excluding carboxylic acids is 1. The van der Waals surface area contributed by atoms with E-state index in [2.05, 4.69) is 15.3 Å². The van der Waals surface area contributed by atoms with Crippen molar-refractivity contribution in [1.29, 1.82) is 0 Å². The second-order valence-electron chi connectivity index (χ2n) is 3.68. The molecule has 0 aliphatic heterocycles. The summed E-state index contributed by atoms with van der Waals surface area (Å²) >= 11 is 0. The number of rotatable bonds is 2. The molecule has 0 atom stereocenters. The molecule has 0 radical (unpaired) electrons. The highest BCUT2D eigenvalue weighted by atomic mass is 16.3. The summed E-state index contributed by atoms with van der Waals surface area (Å²) in [6.07, 6.45) is 0. The Hall–Kier alpha value is -2.63. The minimum atomic E-state index is -0.372. The number of carbonyl (C=O) groups is 1. The monoisotopic (exact) mass is 244 g/mol. The van der Waals surface area contributed by atoms with E-state index >= 15 is 0 Å². The van der Waals surface area contributed by atoms with Crippen molar-refractivity contribution in [2.24, 2.45) is 0 Å². The summed E-state index contributed by atoms with van der Waals surface area (Å²) in [5.74, 6) is -0.556. The Morgan fingerprint density at radius 1 is 1.28 bits per heavy atom. The van der Waals surface area contributed by atoms with E-state index in [0.29, 0.717) is 11.3 Å². The van der Waals surface area contributed by atoms with Crippen LogP contribution in [0.25, 0.3) is 0 Å². The smallest absolute Gasteiger partial charge is 0.256 e. The molecular weight excluding hydrogens is 232 g/mol. The predicted octanol–water partition coefficient (Wildman–Crippen LogP) is 1.33. The molecule has 4 N–H and O–H groups in total. The molecular formula is C12H12N4O2. The quantitative estimate of drug-likeness (QED) is 0.739. The Labute approximate surface area is 104 Å². The van der Waals surface area contributed by atoms with E-state index in [0.717, 1.165) is 0 Å². The van der Waals surface area contributed by atoms with E-state index in [1.807, 2.05) is 0 Å². The normalized spacial score (nSPS) is 10.1. The largest absolute Gasteiger partial charge is 0.503 e. The number of aromatic nitrogens is 2. The highest BCUT2D eigenvalue weighted by molar-refractivity contribution is 6.04. The Balaban J connectivity index is 2.28. The summed E-state index contributed by atoms with van der Waals surface area (Å²) in [7, 11) is 0. The number of amides is 1. The average molecular weight is 244 g/mol. The van der Waals surface area contributed by atoms with Crippen LogP contribution in [0.2, 0.25) is 0 Å². The third-order valence-corrected chi connectivity index (χ3v) is 2.34. The molecule has 0 bridgehead atoms. The van der Waals surface area contributed by atoms with Crippen LogP contribution in [0.1, 0.15) is 16.1 Å². The van der Waals surface area contributed by atoms with Crippen molar-refractivity contribution in [2.75, 3.05) is 11.1 Å². The highest BCUT2D eigenvalue weighted by Gasteiger charge is 2.13. The Kier molecular flexibility index (Phi) is 3.09. The maximum absolute atomic E-state index is 11.9. The number of hydrogen-bond donors (Lipinski definition) is 3. The van der Waals surface area contributed by atoms with Gasteiger partial charge < -0.3 is 16.2 Å². The number of nitrogens with zero attached hydrogens (tertiary/aromatic N) is 2. The second kappa shape index (κ2) is 4.70. The number of hydrogen-bond acceptors (Lipinski definition) is 5. The molecule has 0 unspecified atom stereocenters. The molecule has 0 saturated carbocycles. The molecule has 1 aromatic carbocycles. The molecule has 18 heavy (non-hydrogen) atoms. The number of anilines is 2. The van der Waals surface area contributed by atoms with Gasteiger partial charge in [-0.2, -0.15) is 4.98 Å². The minimum Gasteiger partial charge on any atom is -0.503 e. The van der Waals surface area contributed by atoms with Crippen molar-refractivity contribution in [3.8, 4) is 5.75 Å². The molecule has 6 nitrogen and oxygen atoms in total. The van der Waals surface area contributed by atoms with Crippen molar-refractivity contribution in [3.05, 3.63) is 41.6 Å². The maximum atomic E-state index is 11.9. The minimum absolute atomic E-state index is 0.00587. The van der Waals surface area contributed by atoms with Crippen molar-refractivity contribution in [3.63, 3.8) is 0 Å². The number of nitrogen functional groups attached to an aromatic ring is 1. The van der Waals surface area contributed by atoms with Gasteiger partial charge in [-0.05, 0) is 19.1 Å². The van der Waals surface area contributed by atoms with Gasteiger partial charge in [-0.25, -0.2) is 4.98 Å². The lowest BCUT2D eigenvalue weighted by Gasteiger charge is -2.08. The van der Waals surface area contributed by atoms with E-state index in [4.69, 9.17) is 5.73 Å². The van der Waals surface area contributed by atoms with Gasteiger partial charge in [0, 0.05) is 5.56 Å². The molecule has 6 heteroatoms. The highest BCUT2D eigenvalue weighted by Crippen LogP contribution is 2.24. The van der Waals surface area contributed by atoms with Gasteiger partial charge in [0.15, 0.2) is 11.6 Å². The summed E-state index contributed by atoms with van der Waals surface area (Å²) < 4.78 is 0. The molecule has 0 spiro atoms. The topological polar surface area (TPSA) is 101 Å². The second-order valence-corrected chi connectivity index (χ2v) is 3.68. The summed E-state index contributed by atoms with van der Waals surface area (Å²) in [4.78, 5) is 19.4. The van der Waals surface area contributed by atoms with Crippen molar-refractivity contribution in [1.82, 2.24) is 9.97 Å². The predicted molar refractivity (Wildman–Crippen MR) is 67.2 cm³/mol. The van der Waals surface area contributed by atoms with Gasteiger partial charge in [0.05, 0.1) is 5.69 Å². The zero-order valence-corrected chi connectivity index (χ0v) is 9.71. The zero-order chi connectivity index (χ0) is 13.1. The first-order chi connectivity index (χ1) is 8.58. The fourth-order valence-corrected chi connectivity index (χ4v) is 1.45. The number of benzene rings is 1. The average Bonchev–Trinajstić information content (AvgIpc) is 2.36. The first kappa shape index (κ1) is 11.8. The van der Waals surface area contributed by atoms with E-state index in [9.17, 15) is 9.90 Å². The molecule has 2 rings (SSSR count). The van der Waals surface area contributed by atoms with Crippen LogP contribution in [0.4, 0.5) is 11.8 Å². The van der Waals surface area contributed by atoms with E-state index in [1.54, 1.807) is 37.3 Å². The lowest BCUT2D eigenvalue weighted by Crippen LogP contribution is -2.14. The molecule has 0 fully saturated rings. The summed E-state index contributed by atoms with van der Waals surface area (Å²) in [5.41, 5.74) is 6.23. The van der Waals surface area contributed by atoms with Gasteiger partial charge in [0.25, 0.3) is 5.91 Å². The van der Waals surface area contributed by atoms with Gasteiger partial charge in [0.1, 0.15) is 0 Å². The number of aryl methyl sites for hydroxylation is 1. The molecule has 0 aliphatic carbocycles. The van der Waals surface area contributed by atoms with Crippen LogP contribution in [-0.2, 0) is 0 Å². The van der Waals surface area contributed by atoms with Crippen molar-refractivity contribution >= 4 is 17.7 Å². The van der Waals surface area contributed by atoms with Crippen molar-refractivity contribution in [2.45, 2.75) is 6.92 Å². The molecule has 1 aromatic heterocycles. The molecule has 92 valence electrons. The molecule has 0 aliphatic rings. The van der Waals surface area contributed by atoms with Crippen LogP contribution in [0, 0.1) is 6.92 Å². The van der Waals surface area contributed by atoms with Crippen LogP contribution in [-0.4, -0.2) is 21.0 Å². The first-order valence-corrected chi connectivity index (χ1v) is 5.27. The van der Waals surface area contributed by atoms with Crippen LogP contribution < -0.4 is 11.1 Å². The van der Waals surface area contributed by atoms with Gasteiger partial charge in [0.2, 0.25) is 5.95 Å². The van der Waals surface area contributed by atoms with Gasteiger partial charge >= 0.3 is 0 Å². The van der Waals surface area contributed by atoms with Crippen LogP contribution >= 0.6 is 0 Å². The summed E-state index contributed by atoms with van der Waals surface area (Å²) in [6.45, 7) is 1.57. The third-order valence-electron chi connectivity index (χ3n) is 2.34. The first-order valence-electron chi connectivity index (χ1n) is 5.27. The fraction of sp³-hybridized carbons (Fsp3) is 0.0833. The van der Waals surface area contributed by atoms with Gasteiger partial charge in [-0.1, -0.05) is 18.2 Å². The molecule has 1 heterocycles. The van der Waals surface area contributed by atoms with Crippen LogP contribution in [0.3, 0.4) is 0 Å². The summed E-state index contributed by atoms with van der Waals surface area (Å²) in [6, 6.07) is 8.61. The number of aromatic hydroxyl groups is 1. The fourth-order valence-electron chi connectivity index (χ4n) is 1.45. The van der Waals surface area contributed by atoms with E-state index in [-0.39, 0.29) is 23.4 Å². The zero-order valence-electron chi connectivity index (χ0n) is 9.71. The van der Waals surface area contributed by atoms with Crippen LogP contribution in [0.5, 0.6) is 5.75 Å². The van der Waals surface area contributed by atoms with Gasteiger partial charge in [-0.15, -0.1) is 0 Å². The third kappa shape index (κ3) is 2.37. The maximum Gasteiger partial charge on any atom is 0.256 e. The number of nitrogens with two attached hydrogens (primary N) is 1. The lowest BCUT2D eigenvalue weighted by molar-refractivity contribution is 0.102. The van der Waals surface area contributed by atoms with Gasteiger partial charge in [-0.3, -0.25) is 4.79 Å². The Bertz CT molecular complexity index is 584. The summed E-state index contributed by atoms with van der Waals surface area (Å²) in [5, 5.41) is 12.2. The van der Waals surface area contributed by atoms with E-state index < -0.39 is 0 Å². The van der Waals surface area contributed by atoms with Crippen molar-refractivity contribution < 1.29 is 9.90 Å².